The van der Waals surface area contributed by atoms with Crippen molar-refractivity contribution in [3.63, 3.8) is 0 Å². The third kappa shape index (κ3) is 4.56. The minimum atomic E-state index is -2.46. The number of imidazole rings is 5. The van der Waals surface area contributed by atoms with E-state index in [1.54, 1.807) is 0 Å². The summed E-state index contributed by atoms with van der Waals surface area (Å²) < 4.78 is 44.1. The monoisotopic (exact) mass is 796 g/mol. The van der Waals surface area contributed by atoms with Gasteiger partial charge in [-0.3, -0.25) is 17.9 Å². The Morgan fingerprint density at radius 3 is 2.03 bits per heavy atom. The van der Waals surface area contributed by atoms with Crippen molar-refractivity contribution < 1.29 is 13.1 Å². The van der Waals surface area contributed by atoms with E-state index in [4.69, 9.17) is 23.5 Å². The Morgan fingerprint density at radius 2 is 1.30 bits per heavy atom. The number of nitrogens with zero attached hydrogens (tertiary/aromatic N) is 9. The first-order valence-electron chi connectivity index (χ1n) is 22.0. The number of furan rings is 1. The van der Waals surface area contributed by atoms with Crippen LogP contribution in [0.1, 0.15) is 41.6 Å². The van der Waals surface area contributed by atoms with Crippen molar-refractivity contribution in [2.24, 2.45) is 6.98 Å². The fourth-order valence-electron chi connectivity index (χ4n) is 9.52. The first kappa shape index (κ1) is 31.2. The van der Waals surface area contributed by atoms with E-state index in [2.05, 4.69) is 138 Å². The summed E-state index contributed by atoms with van der Waals surface area (Å²) in [4.78, 5) is 15.8. The van der Waals surface area contributed by atoms with E-state index in [0.29, 0.717) is 28.1 Å². The molecule has 294 valence electrons. The summed E-state index contributed by atoms with van der Waals surface area (Å²) in [6.07, 6.45) is 5.10. The van der Waals surface area contributed by atoms with E-state index in [-0.39, 0.29) is 5.41 Å². The molecule has 0 unspecified atom stereocenters. The fraction of sp³-hybridized carbons (Fsp3) is 0.137. The number of pyridine rings is 1. The van der Waals surface area contributed by atoms with E-state index in [1.807, 2.05) is 53.2 Å². The Labute approximate surface area is 353 Å². The lowest BCUT2D eigenvalue weighted by Gasteiger charge is -2.19. The highest BCUT2D eigenvalue weighted by Crippen LogP contribution is 2.41. The van der Waals surface area contributed by atoms with Gasteiger partial charge in [-0.05, 0) is 90.6 Å². The lowest BCUT2D eigenvalue weighted by Crippen LogP contribution is -2.26. The van der Waals surface area contributed by atoms with Crippen molar-refractivity contribution in [1.82, 2.24) is 37.5 Å². The number of aromatic nitrogens is 9. The van der Waals surface area contributed by atoms with Crippen LogP contribution >= 0.6 is 0 Å². The molecular formula is C51H39N9O. The molecule has 0 bridgehead atoms. The summed E-state index contributed by atoms with van der Waals surface area (Å²) in [6.45, 7) is 8.38. The molecule has 61 heavy (non-hydrogen) atoms. The van der Waals surface area contributed by atoms with Crippen LogP contribution in [0.25, 0.3) is 106 Å². The van der Waals surface area contributed by atoms with Crippen LogP contribution in [0.4, 0.5) is 0 Å². The molecule has 0 spiro atoms. The topological polar surface area (TPSA) is 79.3 Å². The van der Waals surface area contributed by atoms with Crippen LogP contribution in [0.15, 0.2) is 132 Å². The Kier molecular flexibility index (Phi) is 6.00. The molecule has 10 heteroatoms. The molecule has 0 fully saturated rings. The lowest BCUT2D eigenvalue weighted by atomic mass is 9.88. The number of hydrogen-bond acceptors (Lipinski definition) is 4. The average molecular weight is 797 g/mol. The first-order valence-corrected chi connectivity index (χ1v) is 20.5. The van der Waals surface area contributed by atoms with Gasteiger partial charge < -0.3 is 13.6 Å². The van der Waals surface area contributed by atoms with Crippen LogP contribution in [0, 0.1) is 20.2 Å². The van der Waals surface area contributed by atoms with Gasteiger partial charge in [0.05, 0.1) is 77.6 Å². The molecule has 7 heterocycles. The van der Waals surface area contributed by atoms with Crippen molar-refractivity contribution in [3.8, 4) is 17.2 Å². The molecule has 0 N–H and O–H groups in total. The second-order valence-corrected chi connectivity index (χ2v) is 17.2. The largest absolute Gasteiger partial charge is 0.454 e. The third-order valence-electron chi connectivity index (χ3n) is 12.5. The van der Waals surface area contributed by atoms with Gasteiger partial charge in [0, 0.05) is 17.0 Å². The molecule has 0 saturated heterocycles. The quantitative estimate of drug-likeness (QED) is 0.132. The molecule has 10 nitrogen and oxygen atoms in total. The molecule has 0 aliphatic heterocycles. The second kappa shape index (κ2) is 11.7. The molecule has 0 amide bonds. The zero-order valence-electron chi connectivity index (χ0n) is 37.1. The molecule has 0 saturated carbocycles. The number of hydrogen-bond donors (Lipinski definition) is 0. The van der Waals surface area contributed by atoms with Crippen LogP contribution in [0.5, 0.6) is 0 Å². The van der Waals surface area contributed by atoms with Crippen LogP contribution in [0.2, 0.25) is 0 Å². The van der Waals surface area contributed by atoms with Crippen molar-refractivity contribution in [2.45, 2.75) is 40.0 Å². The maximum atomic E-state index is 8.43. The molecule has 0 atom stereocenters. The van der Waals surface area contributed by atoms with E-state index in [0.717, 1.165) is 94.5 Å². The van der Waals surface area contributed by atoms with Crippen molar-refractivity contribution in [2.75, 3.05) is 0 Å². The zero-order chi connectivity index (χ0) is 43.6. The standard InChI is InChI=1S/C51H39N9O/c1-29-13-11-18-37-46(29)53-49-57(37)39-26-41-42(60(45-23-31(21-22-52-45)51(3,4)5)50-54-47-30(2)14-12-19-38(47)58(41)50)27-40(39)59(49)43-25-32(56-28-55(6)35-16-8-9-17-36(35)56)24-34-33-15-7-10-20-44(33)61-48(34)43/h7-27H,1-6H3/i6D3. The molecule has 13 aromatic rings. The van der Waals surface area contributed by atoms with Crippen molar-refractivity contribution in [3.05, 3.63) is 151 Å². The highest BCUT2D eigenvalue weighted by atomic mass is 16.3. The summed E-state index contributed by atoms with van der Waals surface area (Å²) in [6, 6.07) is 41.0. The summed E-state index contributed by atoms with van der Waals surface area (Å²) in [7, 11) is 0. The lowest BCUT2D eigenvalue weighted by molar-refractivity contribution is -0.649. The number of fused-ring (bicyclic) bond motifs is 14. The smallest absolute Gasteiger partial charge is 0.244 e. The molecule has 0 radical (unpaired) electrons. The molecule has 0 aliphatic carbocycles. The molecule has 0 aliphatic rings. The number of benzene rings is 6. The average Bonchev–Trinajstić information content (AvgIpc) is 4.11. The minimum Gasteiger partial charge on any atom is -0.454 e. The predicted molar refractivity (Wildman–Crippen MR) is 243 cm³/mol. The number of aryl methyl sites for hydroxylation is 3. The van der Waals surface area contributed by atoms with Crippen molar-refractivity contribution in [1.29, 1.82) is 0 Å². The summed E-state index contributed by atoms with van der Waals surface area (Å²) in [5.74, 6) is 2.23. The van der Waals surface area contributed by atoms with Gasteiger partial charge in [0.2, 0.25) is 17.9 Å². The van der Waals surface area contributed by atoms with Crippen LogP contribution in [-0.4, -0.2) is 37.5 Å². The third-order valence-corrected chi connectivity index (χ3v) is 12.5. The van der Waals surface area contributed by atoms with E-state index in [9.17, 15) is 0 Å². The van der Waals surface area contributed by atoms with Gasteiger partial charge in [0.15, 0.2) is 5.58 Å². The maximum Gasteiger partial charge on any atom is 0.244 e. The summed E-state index contributed by atoms with van der Waals surface area (Å²) in [5.41, 5.74) is 14.8. The van der Waals surface area contributed by atoms with E-state index < -0.39 is 6.98 Å². The summed E-state index contributed by atoms with van der Waals surface area (Å²) >= 11 is 0. The number of para-hydroxylation sites is 5. The van der Waals surface area contributed by atoms with Crippen LogP contribution in [-0.2, 0) is 12.4 Å². The Hall–Kier alpha value is -7.72. The number of rotatable bonds is 3. The molecule has 13 rings (SSSR count). The van der Waals surface area contributed by atoms with Gasteiger partial charge in [-0.1, -0.05) is 87.5 Å². The molecule has 7 aromatic heterocycles. The fourth-order valence-corrected chi connectivity index (χ4v) is 9.52. The summed E-state index contributed by atoms with van der Waals surface area (Å²) in [5, 5.41) is 1.80. The predicted octanol–water partition coefficient (Wildman–Crippen LogP) is 11.0. The van der Waals surface area contributed by atoms with Gasteiger partial charge in [-0.15, -0.1) is 0 Å². The Bertz CT molecular complexity index is 4150. The Balaban J connectivity index is 1.22. The van der Waals surface area contributed by atoms with E-state index in [1.165, 1.54) is 4.57 Å². The van der Waals surface area contributed by atoms with Crippen LogP contribution < -0.4 is 4.57 Å². The zero-order valence-corrected chi connectivity index (χ0v) is 34.1. The first-order chi connectivity index (χ1) is 30.8. The highest BCUT2D eigenvalue weighted by molar-refractivity contribution is 6.10. The van der Waals surface area contributed by atoms with Gasteiger partial charge in [0.25, 0.3) is 0 Å². The van der Waals surface area contributed by atoms with Crippen molar-refractivity contribution >= 4 is 88.7 Å². The maximum absolute atomic E-state index is 8.43. The van der Waals surface area contributed by atoms with Gasteiger partial charge in [0.1, 0.15) is 11.4 Å². The Morgan fingerprint density at radius 1 is 0.639 bits per heavy atom. The normalized spacial score (nSPS) is 13.7. The second-order valence-electron chi connectivity index (χ2n) is 17.2. The minimum absolute atomic E-state index is 0.117. The SMILES string of the molecule is [2H]C([2H])([2H])[n+]1[c-]n(-c2cc(-n3c4cc5c(cc4n4c6cccc(C)c6nc34)n3c4cccc(C)c4nc3n5-c3cc(C(C)(C)C)ccn3)c3oc4ccccc4c3c2)c2ccccc21. The van der Waals surface area contributed by atoms with E-state index >= 15 is 0 Å². The highest BCUT2D eigenvalue weighted by Gasteiger charge is 2.27. The van der Waals surface area contributed by atoms with Gasteiger partial charge >= 0.3 is 0 Å². The van der Waals surface area contributed by atoms with Crippen LogP contribution in [0.3, 0.4) is 0 Å². The van der Waals surface area contributed by atoms with Gasteiger partial charge in [-0.25, -0.2) is 15.0 Å². The molecule has 6 aromatic carbocycles. The van der Waals surface area contributed by atoms with Gasteiger partial charge in [-0.2, -0.15) is 0 Å². The molecular weight excluding hydrogens is 755 g/mol.